The van der Waals surface area contributed by atoms with Gasteiger partial charge in [-0.05, 0) is 54.8 Å². The molecule has 1 aliphatic rings. The maximum atomic E-state index is 6.04. The summed E-state index contributed by atoms with van der Waals surface area (Å²) >= 11 is 0. The maximum absolute atomic E-state index is 6.04. The van der Waals surface area contributed by atoms with E-state index in [0.29, 0.717) is 0 Å². The first-order valence-electron chi connectivity index (χ1n) is 8.97. The molecule has 2 aromatic carbocycles. The Morgan fingerprint density at radius 2 is 1.88 bits per heavy atom. The van der Waals surface area contributed by atoms with Crippen molar-refractivity contribution in [1.82, 2.24) is 4.57 Å². The number of hydrogen-bond donors (Lipinski definition) is 0. The van der Waals surface area contributed by atoms with Crippen molar-refractivity contribution in [3.8, 4) is 5.69 Å². The molecule has 0 radical (unpaired) electrons. The van der Waals surface area contributed by atoms with E-state index in [2.05, 4.69) is 90.3 Å². The highest BCUT2D eigenvalue weighted by Crippen LogP contribution is 2.33. The van der Waals surface area contributed by atoms with Crippen molar-refractivity contribution in [2.24, 2.45) is 0 Å². The average molecular weight is 332 g/mol. The molecule has 0 N–H and O–H groups in total. The Bertz CT molecular complexity index is 850. The fraction of sp³-hybridized carbons (Fsp3) is 0.273. The topological polar surface area (TPSA) is 17.4 Å². The van der Waals surface area contributed by atoms with Crippen LogP contribution in [-0.4, -0.2) is 17.7 Å². The van der Waals surface area contributed by atoms with E-state index in [0.717, 1.165) is 19.6 Å². The Morgan fingerprint density at radius 3 is 2.64 bits per heavy atom. The van der Waals surface area contributed by atoms with Crippen LogP contribution in [-0.2, 0) is 11.2 Å². The zero-order valence-electron chi connectivity index (χ0n) is 14.9. The van der Waals surface area contributed by atoms with E-state index in [4.69, 9.17) is 4.74 Å². The number of nitrogens with zero attached hydrogens (tertiary/aromatic N) is 2. The molecule has 25 heavy (non-hydrogen) atoms. The molecular formula is C22H24N2O. The van der Waals surface area contributed by atoms with Gasteiger partial charge < -0.3 is 14.2 Å². The summed E-state index contributed by atoms with van der Waals surface area (Å²) in [5.41, 5.74) is 6.24. The molecule has 0 saturated carbocycles. The molecule has 3 heteroatoms. The van der Waals surface area contributed by atoms with E-state index >= 15 is 0 Å². The Labute approximate surface area is 149 Å². The molecule has 0 spiro atoms. The summed E-state index contributed by atoms with van der Waals surface area (Å²) in [5, 5.41) is 0. The van der Waals surface area contributed by atoms with Crippen LogP contribution < -0.4 is 4.90 Å². The summed E-state index contributed by atoms with van der Waals surface area (Å²) in [6, 6.07) is 19.5. The summed E-state index contributed by atoms with van der Waals surface area (Å²) < 4.78 is 8.22. The summed E-state index contributed by atoms with van der Waals surface area (Å²) in [7, 11) is 0. The third-order valence-electron chi connectivity index (χ3n) is 4.87. The van der Waals surface area contributed by atoms with Crippen LogP contribution in [0.3, 0.4) is 0 Å². The Balaban J connectivity index is 1.60. The number of benzene rings is 2. The highest BCUT2D eigenvalue weighted by molar-refractivity contribution is 5.51. The minimum atomic E-state index is -0.0158. The maximum Gasteiger partial charge on any atom is 0.158 e. The molecule has 2 heterocycles. The van der Waals surface area contributed by atoms with E-state index in [-0.39, 0.29) is 6.23 Å². The molecule has 1 fully saturated rings. The van der Waals surface area contributed by atoms with Crippen molar-refractivity contribution < 1.29 is 4.74 Å². The van der Waals surface area contributed by atoms with Crippen molar-refractivity contribution in [2.45, 2.75) is 26.5 Å². The Morgan fingerprint density at radius 1 is 1.04 bits per heavy atom. The van der Waals surface area contributed by atoms with Gasteiger partial charge in [-0.15, -0.1) is 0 Å². The lowest BCUT2D eigenvalue weighted by molar-refractivity contribution is 0.114. The number of anilines is 1. The average Bonchev–Trinajstić information content (AvgIpc) is 3.31. The second-order valence-corrected chi connectivity index (χ2v) is 6.63. The molecule has 0 amide bonds. The fourth-order valence-corrected chi connectivity index (χ4v) is 3.44. The summed E-state index contributed by atoms with van der Waals surface area (Å²) in [6.07, 6.45) is 5.35. The van der Waals surface area contributed by atoms with Crippen LogP contribution in [0.5, 0.6) is 0 Å². The van der Waals surface area contributed by atoms with Gasteiger partial charge in [0.15, 0.2) is 6.23 Å². The van der Waals surface area contributed by atoms with E-state index in [1.165, 1.54) is 28.1 Å². The smallest absolute Gasteiger partial charge is 0.158 e. The standard InChI is InChI=1S/C22H24N2O/c1-3-18-7-9-20(10-8-18)23-12-11-19(16-23)22-24(13-14-25-22)21-6-4-5-17(2)15-21/h4-12,15-16,22H,3,13-14H2,1-2H3/t22-/m0/s1. The van der Waals surface area contributed by atoms with Crippen molar-refractivity contribution in [2.75, 3.05) is 18.1 Å². The lowest BCUT2D eigenvalue weighted by Crippen LogP contribution is -2.23. The van der Waals surface area contributed by atoms with Gasteiger partial charge in [0.05, 0.1) is 6.61 Å². The first kappa shape index (κ1) is 16.0. The zero-order chi connectivity index (χ0) is 17.2. The molecular weight excluding hydrogens is 308 g/mol. The van der Waals surface area contributed by atoms with Crippen LogP contribution in [0.1, 0.15) is 29.8 Å². The molecule has 1 saturated heterocycles. The predicted octanol–water partition coefficient (Wildman–Crippen LogP) is 4.88. The molecule has 128 valence electrons. The lowest BCUT2D eigenvalue weighted by Gasteiger charge is -2.25. The second-order valence-electron chi connectivity index (χ2n) is 6.63. The fourth-order valence-electron chi connectivity index (χ4n) is 3.44. The molecule has 0 aliphatic carbocycles. The van der Waals surface area contributed by atoms with Crippen LogP contribution in [0.2, 0.25) is 0 Å². The predicted molar refractivity (Wildman–Crippen MR) is 102 cm³/mol. The summed E-state index contributed by atoms with van der Waals surface area (Å²) in [6.45, 7) is 5.99. The normalized spacial score (nSPS) is 17.2. The van der Waals surface area contributed by atoms with Crippen molar-refractivity contribution in [3.05, 3.63) is 83.7 Å². The lowest BCUT2D eigenvalue weighted by atomic mass is 10.1. The van der Waals surface area contributed by atoms with Crippen LogP contribution in [0.25, 0.3) is 5.69 Å². The van der Waals surface area contributed by atoms with Crippen LogP contribution in [0, 0.1) is 6.92 Å². The van der Waals surface area contributed by atoms with Gasteiger partial charge in [-0.1, -0.05) is 31.2 Å². The number of aryl methyl sites for hydroxylation is 2. The number of rotatable bonds is 4. The molecule has 0 unspecified atom stereocenters. The first-order chi connectivity index (χ1) is 12.2. The van der Waals surface area contributed by atoms with Gasteiger partial charge in [0.2, 0.25) is 0 Å². The first-order valence-corrected chi connectivity index (χ1v) is 8.97. The molecule has 0 bridgehead atoms. The monoisotopic (exact) mass is 332 g/mol. The van der Waals surface area contributed by atoms with Crippen molar-refractivity contribution in [1.29, 1.82) is 0 Å². The van der Waals surface area contributed by atoms with Crippen LogP contribution in [0.15, 0.2) is 67.0 Å². The highest BCUT2D eigenvalue weighted by atomic mass is 16.5. The summed E-state index contributed by atoms with van der Waals surface area (Å²) in [4.78, 5) is 2.34. The second kappa shape index (κ2) is 6.77. The quantitative estimate of drug-likeness (QED) is 0.677. The van der Waals surface area contributed by atoms with Gasteiger partial charge in [0.25, 0.3) is 0 Å². The van der Waals surface area contributed by atoms with Gasteiger partial charge in [0.1, 0.15) is 0 Å². The molecule has 3 aromatic rings. The van der Waals surface area contributed by atoms with Gasteiger partial charge in [-0.3, -0.25) is 0 Å². The van der Waals surface area contributed by atoms with E-state index < -0.39 is 0 Å². The number of ether oxygens (including phenoxy) is 1. The number of hydrogen-bond acceptors (Lipinski definition) is 2. The molecule has 1 aliphatic heterocycles. The Kier molecular flexibility index (Phi) is 4.33. The summed E-state index contributed by atoms with van der Waals surface area (Å²) in [5.74, 6) is 0. The van der Waals surface area contributed by atoms with Gasteiger partial charge >= 0.3 is 0 Å². The third kappa shape index (κ3) is 3.20. The highest BCUT2D eigenvalue weighted by Gasteiger charge is 2.27. The van der Waals surface area contributed by atoms with Gasteiger partial charge in [0, 0.05) is 35.9 Å². The van der Waals surface area contributed by atoms with Crippen LogP contribution in [0.4, 0.5) is 5.69 Å². The van der Waals surface area contributed by atoms with E-state index in [1.807, 2.05) is 0 Å². The molecule has 4 rings (SSSR count). The molecule has 3 nitrogen and oxygen atoms in total. The van der Waals surface area contributed by atoms with Gasteiger partial charge in [-0.2, -0.15) is 0 Å². The van der Waals surface area contributed by atoms with Gasteiger partial charge in [-0.25, -0.2) is 0 Å². The molecule has 1 aromatic heterocycles. The number of aromatic nitrogens is 1. The van der Waals surface area contributed by atoms with E-state index in [9.17, 15) is 0 Å². The minimum Gasteiger partial charge on any atom is -0.352 e. The third-order valence-corrected chi connectivity index (χ3v) is 4.87. The minimum absolute atomic E-state index is 0.0158. The Hall–Kier alpha value is -2.52. The van der Waals surface area contributed by atoms with E-state index in [1.54, 1.807) is 0 Å². The van der Waals surface area contributed by atoms with Crippen LogP contribution >= 0.6 is 0 Å². The zero-order valence-corrected chi connectivity index (χ0v) is 14.9. The molecule has 1 atom stereocenters. The van der Waals surface area contributed by atoms with Crippen molar-refractivity contribution >= 4 is 5.69 Å². The van der Waals surface area contributed by atoms with Crippen molar-refractivity contribution in [3.63, 3.8) is 0 Å². The SMILES string of the molecule is CCc1ccc(-n2ccc([C@@H]3OCCN3c3cccc(C)c3)c2)cc1. The largest absolute Gasteiger partial charge is 0.352 e.